The lowest BCUT2D eigenvalue weighted by atomic mass is 10.2. The Labute approximate surface area is 72.0 Å². The van der Waals surface area contributed by atoms with E-state index in [1.165, 1.54) is 0 Å². The average Bonchev–Trinajstić information content (AvgIpc) is 2.02. The van der Waals surface area contributed by atoms with E-state index in [1.807, 2.05) is 0 Å². The lowest BCUT2D eigenvalue weighted by molar-refractivity contribution is -0.154. The van der Waals surface area contributed by atoms with E-state index in [0.717, 1.165) is 6.26 Å². The summed E-state index contributed by atoms with van der Waals surface area (Å²) in [5.41, 5.74) is -0.394. The molecule has 5 heteroatoms. The lowest BCUT2D eigenvalue weighted by Gasteiger charge is -2.04. The van der Waals surface area contributed by atoms with Crippen LogP contribution in [0.15, 0.2) is 21.5 Å². The van der Waals surface area contributed by atoms with Gasteiger partial charge in [0.25, 0.3) is 0 Å². The van der Waals surface area contributed by atoms with Gasteiger partial charge in [0.05, 0.1) is 6.26 Å². The molecule has 1 aromatic heterocycles. The summed E-state index contributed by atoms with van der Waals surface area (Å²) in [6.07, 6.45) is -3.38. The second-order valence-electron chi connectivity index (χ2n) is 2.49. The monoisotopic (exact) mass is 192 g/mol. The zero-order valence-electron chi connectivity index (χ0n) is 6.81. The molecule has 0 fully saturated rings. The quantitative estimate of drug-likeness (QED) is 0.682. The fraction of sp³-hybridized carbons (Fsp3) is 0.375. The van der Waals surface area contributed by atoms with Gasteiger partial charge in [0.2, 0.25) is 5.76 Å². The van der Waals surface area contributed by atoms with Crippen molar-refractivity contribution in [3.63, 3.8) is 0 Å². The van der Waals surface area contributed by atoms with Gasteiger partial charge in [0.15, 0.2) is 5.43 Å². The zero-order chi connectivity index (χ0) is 10.1. The molecule has 0 N–H and O–H groups in total. The van der Waals surface area contributed by atoms with Crippen molar-refractivity contribution in [2.45, 2.75) is 19.5 Å². The van der Waals surface area contributed by atoms with Gasteiger partial charge in [-0.25, -0.2) is 0 Å². The Morgan fingerprint density at radius 2 is 2.08 bits per heavy atom. The van der Waals surface area contributed by atoms with Gasteiger partial charge in [-0.05, 0) is 6.42 Å². The molecular formula is C8H7F3O2. The number of alkyl halides is 3. The van der Waals surface area contributed by atoms with Crippen molar-refractivity contribution in [1.82, 2.24) is 0 Å². The van der Waals surface area contributed by atoms with Crippen molar-refractivity contribution in [3.05, 3.63) is 33.9 Å². The second kappa shape index (κ2) is 3.24. The first kappa shape index (κ1) is 9.83. The molecule has 0 aliphatic carbocycles. The van der Waals surface area contributed by atoms with E-state index < -0.39 is 17.4 Å². The maximum Gasteiger partial charge on any atom is 0.449 e. The van der Waals surface area contributed by atoms with E-state index in [4.69, 9.17) is 0 Å². The Hall–Kier alpha value is -1.26. The smallest absolute Gasteiger partial charge is 0.449 e. The summed E-state index contributed by atoms with van der Waals surface area (Å²) in [6.45, 7) is 1.67. The molecule has 13 heavy (non-hydrogen) atoms. The van der Waals surface area contributed by atoms with Gasteiger partial charge in [-0.2, -0.15) is 13.2 Å². The van der Waals surface area contributed by atoms with Crippen molar-refractivity contribution in [2.75, 3.05) is 0 Å². The van der Waals surface area contributed by atoms with E-state index in [0.29, 0.717) is 12.5 Å². The lowest BCUT2D eigenvalue weighted by Crippen LogP contribution is -2.13. The topological polar surface area (TPSA) is 30.2 Å². The largest absolute Gasteiger partial charge is 0.459 e. The van der Waals surface area contributed by atoms with Gasteiger partial charge >= 0.3 is 6.18 Å². The van der Waals surface area contributed by atoms with Crippen LogP contribution in [-0.2, 0) is 12.6 Å². The zero-order valence-corrected chi connectivity index (χ0v) is 6.81. The van der Waals surface area contributed by atoms with E-state index >= 15 is 0 Å². The van der Waals surface area contributed by atoms with Crippen LogP contribution in [0, 0.1) is 0 Å². The maximum atomic E-state index is 12.0. The third-order valence-corrected chi connectivity index (χ3v) is 1.57. The number of aryl methyl sites for hydroxylation is 1. The molecule has 0 aliphatic heterocycles. The minimum atomic E-state index is -4.59. The normalized spacial score (nSPS) is 11.7. The summed E-state index contributed by atoms with van der Waals surface area (Å²) in [7, 11) is 0. The van der Waals surface area contributed by atoms with Gasteiger partial charge in [-0.3, -0.25) is 4.79 Å². The third-order valence-electron chi connectivity index (χ3n) is 1.57. The summed E-state index contributed by atoms with van der Waals surface area (Å²) in [6, 6.07) is 0.471. The Morgan fingerprint density at radius 1 is 1.46 bits per heavy atom. The molecule has 1 rings (SSSR count). The number of hydrogen-bond acceptors (Lipinski definition) is 2. The van der Waals surface area contributed by atoms with Crippen LogP contribution in [-0.4, -0.2) is 0 Å². The van der Waals surface area contributed by atoms with Crippen LogP contribution in [0.4, 0.5) is 13.2 Å². The van der Waals surface area contributed by atoms with Crippen LogP contribution in [0.1, 0.15) is 18.2 Å². The van der Waals surface area contributed by atoms with E-state index in [9.17, 15) is 18.0 Å². The van der Waals surface area contributed by atoms with Crippen LogP contribution >= 0.6 is 0 Å². The van der Waals surface area contributed by atoms with Gasteiger partial charge < -0.3 is 4.42 Å². The highest BCUT2D eigenvalue weighted by Gasteiger charge is 2.34. The highest BCUT2D eigenvalue weighted by atomic mass is 19.4. The number of hydrogen-bond donors (Lipinski definition) is 0. The third kappa shape index (κ3) is 2.11. The molecule has 0 unspecified atom stereocenters. The summed E-state index contributed by atoms with van der Waals surface area (Å²) in [5, 5.41) is 0. The predicted molar refractivity (Wildman–Crippen MR) is 39.4 cm³/mol. The first-order chi connectivity index (χ1) is 5.95. The molecule has 0 amide bonds. The van der Waals surface area contributed by atoms with Crippen LogP contribution in [0.2, 0.25) is 0 Å². The SMILES string of the molecule is CCc1coc(C(F)(F)F)cc1=O. The van der Waals surface area contributed by atoms with E-state index in [-0.39, 0.29) is 5.56 Å². The van der Waals surface area contributed by atoms with E-state index in [2.05, 4.69) is 4.42 Å². The summed E-state index contributed by atoms with van der Waals surface area (Å²) in [4.78, 5) is 11.0. The van der Waals surface area contributed by atoms with Crippen LogP contribution in [0.25, 0.3) is 0 Å². The minimum Gasteiger partial charge on any atom is -0.459 e. The summed E-state index contributed by atoms with van der Waals surface area (Å²) < 4.78 is 40.2. The van der Waals surface area contributed by atoms with Crippen molar-refractivity contribution in [1.29, 1.82) is 0 Å². The van der Waals surface area contributed by atoms with Crippen LogP contribution in [0.3, 0.4) is 0 Å². The highest BCUT2D eigenvalue weighted by Crippen LogP contribution is 2.27. The van der Waals surface area contributed by atoms with Crippen LogP contribution in [0.5, 0.6) is 0 Å². The molecule has 0 atom stereocenters. The predicted octanol–water partition coefficient (Wildman–Crippen LogP) is 2.22. The van der Waals surface area contributed by atoms with Gasteiger partial charge in [-0.15, -0.1) is 0 Å². The second-order valence-corrected chi connectivity index (χ2v) is 2.49. The molecule has 0 saturated carbocycles. The minimum absolute atomic E-state index is 0.244. The molecule has 0 radical (unpaired) electrons. The first-order valence-corrected chi connectivity index (χ1v) is 3.64. The van der Waals surface area contributed by atoms with Crippen molar-refractivity contribution < 1.29 is 17.6 Å². The molecule has 72 valence electrons. The molecule has 1 aromatic rings. The summed E-state index contributed by atoms with van der Waals surface area (Å²) in [5.74, 6) is -1.25. The van der Waals surface area contributed by atoms with Crippen molar-refractivity contribution in [2.24, 2.45) is 0 Å². The molecule has 0 saturated heterocycles. The molecule has 0 bridgehead atoms. The fourth-order valence-corrected chi connectivity index (χ4v) is 0.845. The molecular weight excluding hydrogens is 185 g/mol. The molecule has 0 aromatic carbocycles. The Kier molecular flexibility index (Phi) is 2.45. The molecule has 1 heterocycles. The summed E-state index contributed by atoms with van der Waals surface area (Å²) >= 11 is 0. The van der Waals surface area contributed by atoms with Crippen molar-refractivity contribution >= 4 is 0 Å². The Balaban J connectivity index is 3.18. The average molecular weight is 192 g/mol. The van der Waals surface area contributed by atoms with Gasteiger partial charge in [0.1, 0.15) is 0 Å². The number of rotatable bonds is 1. The molecule has 0 spiro atoms. The van der Waals surface area contributed by atoms with Crippen LogP contribution < -0.4 is 5.43 Å². The van der Waals surface area contributed by atoms with E-state index in [1.54, 1.807) is 6.92 Å². The molecule has 2 nitrogen and oxygen atoms in total. The maximum absolute atomic E-state index is 12.0. The Morgan fingerprint density at radius 3 is 2.46 bits per heavy atom. The highest BCUT2D eigenvalue weighted by molar-refractivity contribution is 5.12. The first-order valence-electron chi connectivity index (χ1n) is 3.64. The standard InChI is InChI=1S/C8H7F3O2/c1-2-5-4-13-7(3-6(5)12)8(9,10)11/h3-4H,2H2,1H3. The molecule has 0 aliphatic rings. The Bertz CT molecular complexity index is 351. The van der Waals surface area contributed by atoms with Gasteiger partial charge in [0, 0.05) is 11.6 Å². The van der Waals surface area contributed by atoms with Crippen molar-refractivity contribution in [3.8, 4) is 0 Å². The number of halogens is 3. The van der Waals surface area contributed by atoms with Gasteiger partial charge in [-0.1, -0.05) is 6.92 Å². The fourth-order valence-electron chi connectivity index (χ4n) is 0.845.